The van der Waals surface area contributed by atoms with E-state index >= 15 is 0 Å². The molecule has 0 saturated carbocycles. The number of benzene rings is 2. The summed E-state index contributed by atoms with van der Waals surface area (Å²) in [7, 11) is 1.56. The van der Waals surface area contributed by atoms with Gasteiger partial charge in [-0.15, -0.1) is 0 Å². The van der Waals surface area contributed by atoms with Crippen molar-refractivity contribution >= 4 is 29.0 Å². The Morgan fingerprint density at radius 3 is 2.38 bits per heavy atom. The summed E-state index contributed by atoms with van der Waals surface area (Å²) in [6, 6.07) is 18.7. The van der Waals surface area contributed by atoms with Crippen molar-refractivity contribution < 1.29 is 9.53 Å². The highest BCUT2D eigenvalue weighted by molar-refractivity contribution is 6.30. The molecule has 0 unspecified atom stereocenters. The van der Waals surface area contributed by atoms with E-state index in [1.54, 1.807) is 25.2 Å². The van der Waals surface area contributed by atoms with Gasteiger partial charge in [0.15, 0.2) is 0 Å². The summed E-state index contributed by atoms with van der Waals surface area (Å²) in [5, 5.41) is 6.16. The summed E-state index contributed by atoms with van der Waals surface area (Å²) in [5.41, 5.74) is 0.949. The van der Waals surface area contributed by atoms with E-state index < -0.39 is 0 Å². The molecule has 0 radical (unpaired) electrons. The van der Waals surface area contributed by atoms with Crippen LogP contribution in [0.2, 0.25) is 5.02 Å². The Kier molecular flexibility index (Phi) is 11.2. The van der Waals surface area contributed by atoms with Gasteiger partial charge in [-0.1, -0.05) is 56.3 Å². The van der Waals surface area contributed by atoms with Crippen LogP contribution in [0.4, 0.5) is 11.5 Å². The maximum Gasteiger partial charge on any atom is 0.243 e. The van der Waals surface area contributed by atoms with Crippen molar-refractivity contribution in [3.05, 3.63) is 84.7 Å². The van der Waals surface area contributed by atoms with Crippen LogP contribution in [-0.4, -0.2) is 22.9 Å². The van der Waals surface area contributed by atoms with E-state index in [-0.39, 0.29) is 5.91 Å². The second kappa shape index (κ2) is 13.7. The number of likely N-dealkylation sites (N-methyl/N-ethyl adjacent to an activating group) is 1. The molecule has 0 aliphatic rings. The Morgan fingerprint density at radius 2 is 1.79 bits per heavy atom. The van der Waals surface area contributed by atoms with E-state index in [1.807, 2.05) is 56.3 Å². The van der Waals surface area contributed by atoms with E-state index in [0.717, 1.165) is 5.69 Å². The van der Waals surface area contributed by atoms with Crippen molar-refractivity contribution in [2.45, 2.75) is 13.8 Å². The molecule has 1 amide bonds. The van der Waals surface area contributed by atoms with Gasteiger partial charge in [0.2, 0.25) is 11.8 Å². The topological polar surface area (TPSA) is 76.1 Å². The van der Waals surface area contributed by atoms with Gasteiger partial charge in [-0.05, 0) is 36.4 Å². The molecule has 0 atom stereocenters. The number of halogens is 1. The number of carbonyl (C=O) groups excluding carboxylic acids is 1. The number of nitrogens with zero attached hydrogens (tertiary/aromatic N) is 2. The molecular weight excluding hydrogens is 388 g/mol. The predicted octanol–water partition coefficient (Wildman–Crippen LogP) is 5.61. The lowest BCUT2D eigenvalue weighted by Crippen LogP contribution is -2.13. The molecule has 29 heavy (non-hydrogen) atoms. The lowest BCUT2D eigenvalue weighted by atomic mass is 10.3. The fraction of sp³-hybridized carbons (Fsp3) is 0.136. The maximum absolute atomic E-state index is 9.95. The number of hydrogen-bond donors (Lipinski definition) is 2. The van der Waals surface area contributed by atoms with Crippen LogP contribution in [0, 0.1) is 0 Å². The molecule has 0 fully saturated rings. The number of para-hydroxylation sites is 1. The van der Waals surface area contributed by atoms with Crippen molar-refractivity contribution in [1.82, 2.24) is 15.3 Å². The van der Waals surface area contributed by atoms with Crippen LogP contribution in [-0.2, 0) is 4.79 Å². The highest BCUT2D eigenvalue weighted by Crippen LogP contribution is 2.24. The lowest BCUT2D eigenvalue weighted by molar-refractivity contribution is -0.116. The van der Waals surface area contributed by atoms with E-state index in [0.29, 0.717) is 22.5 Å². The summed E-state index contributed by atoms with van der Waals surface area (Å²) in [6.45, 7) is 7.22. The lowest BCUT2D eigenvalue weighted by Gasteiger charge is -2.08. The van der Waals surface area contributed by atoms with E-state index in [2.05, 4.69) is 27.2 Å². The number of carbonyl (C=O) groups is 1. The summed E-state index contributed by atoms with van der Waals surface area (Å²) in [6.07, 6.45) is 2.67. The zero-order valence-corrected chi connectivity index (χ0v) is 17.5. The molecule has 1 heterocycles. The number of rotatable bonds is 5. The van der Waals surface area contributed by atoms with Crippen LogP contribution in [0.25, 0.3) is 0 Å². The Bertz CT molecular complexity index is 889. The highest BCUT2D eigenvalue weighted by atomic mass is 35.5. The van der Waals surface area contributed by atoms with Gasteiger partial charge in [-0.25, -0.2) is 9.97 Å². The van der Waals surface area contributed by atoms with Gasteiger partial charge in [0, 0.05) is 23.8 Å². The molecule has 6 nitrogen and oxygen atoms in total. The van der Waals surface area contributed by atoms with Crippen molar-refractivity contribution in [1.29, 1.82) is 0 Å². The fourth-order valence-electron chi connectivity index (χ4n) is 1.89. The molecule has 0 aliphatic carbocycles. The maximum atomic E-state index is 9.95. The van der Waals surface area contributed by atoms with Crippen molar-refractivity contribution in [2.75, 3.05) is 12.4 Å². The highest BCUT2D eigenvalue weighted by Gasteiger charge is 2.02. The first-order valence-corrected chi connectivity index (χ1v) is 9.40. The van der Waals surface area contributed by atoms with Crippen LogP contribution < -0.4 is 15.4 Å². The van der Waals surface area contributed by atoms with Crippen LogP contribution in [0.5, 0.6) is 11.6 Å². The minimum Gasteiger partial charge on any atom is -0.439 e. The number of nitrogens with one attached hydrogen (secondary N) is 2. The molecular formula is C22H25ClN4O2. The monoisotopic (exact) mass is 412 g/mol. The van der Waals surface area contributed by atoms with Gasteiger partial charge in [0.1, 0.15) is 17.9 Å². The number of amides is 1. The van der Waals surface area contributed by atoms with E-state index in [1.165, 1.54) is 12.4 Å². The normalized spacial score (nSPS) is 8.97. The van der Waals surface area contributed by atoms with Gasteiger partial charge in [-0.3, -0.25) is 4.79 Å². The second-order valence-electron chi connectivity index (χ2n) is 5.11. The molecule has 7 heteroatoms. The summed E-state index contributed by atoms with van der Waals surface area (Å²) >= 11 is 5.92. The summed E-state index contributed by atoms with van der Waals surface area (Å²) in [4.78, 5) is 18.2. The molecule has 3 rings (SSSR count). The number of hydrogen-bond acceptors (Lipinski definition) is 5. The first-order valence-electron chi connectivity index (χ1n) is 9.02. The second-order valence-corrected chi connectivity index (χ2v) is 5.55. The summed E-state index contributed by atoms with van der Waals surface area (Å²) < 4.78 is 5.66. The number of anilines is 2. The first-order chi connectivity index (χ1) is 14.1. The van der Waals surface area contributed by atoms with Crippen molar-refractivity contribution in [2.24, 2.45) is 0 Å². The van der Waals surface area contributed by atoms with E-state index in [4.69, 9.17) is 16.3 Å². The molecule has 2 aromatic carbocycles. The standard InChI is InChI=1S/C16H12ClN3O.C4H7NO.C2H6/c17-12-5-4-8-14(9-12)21-16-10-15(18-11-19-16)20-13-6-2-1-3-7-13;1-3-4(6)5-2;1-2/h1-11H,(H,18,19,20);3H,1H2,2H3,(H,5,6);1-2H3. The van der Waals surface area contributed by atoms with Gasteiger partial charge < -0.3 is 15.4 Å². The third-order valence-electron chi connectivity index (χ3n) is 3.14. The molecule has 3 aromatic rings. The van der Waals surface area contributed by atoms with Gasteiger partial charge >= 0.3 is 0 Å². The average Bonchev–Trinajstić information content (AvgIpc) is 2.76. The third-order valence-corrected chi connectivity index (χ3v) is 3.37. The smallest absolute Gasteiger partial charge is 0.243 e. The molecule has 0 spiro atoms. The average molecular weight is 413 g/mol. The number of aromatic nitrogens is 2. The molecule has 1 aromatic heterocycles. The Morgan fingerprint density at radius 1 is 1.07 bits per heavy atom. The van der Waals surface area contributed by atoms with Crippen LogP contribution in [0.15, 0.2) is 79.6 Å². The zero-order valence-electron chi connectivity index (χ0n) is 16.7. The largest absolute Gasteiger partial charge is 0.439 e. The van der Waals surface area contributed by atoms with Crippen LogP contribution in [0.1, 0.15) is 13.8 Å². The SMILES string of the molecule is C=CC(=O)NC.CC.Clc1cccc(Oc2cc(Nc3ccccc3)ncn2)c1. The van der Waals surface area contributed by atoms with Crippen molar-refractivity contribution in [3.8, 4) is 11.6 Å². The zero-order chi connectivity index (χ0) is 21.5. The minimum atomic E-state index is -0.144. The number of ether oxygens (including phenoxy) is 1. The van der Waals surface area contributed by atoms with Gasteiger partial charge in [-0.2, -0.15) is 0 Å². The van der Waals surface area contributed by atoms with Crippen LogP contribution >= 0.6 is 11.6 Å². The third kappa shape index (κ3) is 9.39. The molecule has 0 bridgehead atoms. The Labute approximate surface area is 176 Å². The summed E-state index contributed by atoms with van der Waals surface area (Å²) in [5.74, 6) is 1.60. The minimum absolute atomic E-state index is 0.144. The predicted molar refractivity (Wildman–Crippen MR) is 119 cm³/mol. The Hall–Kier alpha value is -3.38. The Balaban J connectivity index is 0.000000454. The van der Waals surface area contributed by atoms with Crippen molar-refractivity contribution in [3.63, 3.8) is 0 Å². The molecule has 0 aliphatic heterocycles. The van der Waals surface area contributed by atoms with Gasteiger partial charge in [0.25, 0.3) is 0 Å². The van der Waals surface area contributed by atoms with Crippen LogP contribution in [0.3, 0.4) is 0 Å². The van der Waals surface area contributed by atoms with E-state index in [9.17, 15) is 4.79 Å². The first kappa shape index (κ1) is 23.7. The van der Waals surface area contributed by atoms with Gasteiger partial charge in [0.05, 0.1) is 0 Å². The molecule has 152 valence electrons. The molecule has 2 N–H and O–H groups in total. The fourth-order valence-corrected chi connectivity index (χ4v) is 2.07. The molecule has 0 saturated heterocycles. The quantitative estimate of drug-likeness (QED) is 0.532.